The Bertz CT molecular complexity index is 383. The largest absolute Gasteiger partial charge is 0.333 e. The van der Waals surface area contributed by atoms with Gasteiger partial charge < -0.3 is 9.88 Å². The molecule has 0 saturated heterocycles. The van der Waals surface area contributed by atoms with Crippen LogP contribution in [0.1, 0.15) is 44.3 Å². The minimum Gasteiger partial charge on any atom is -0.333 e. The second-order valence-corrected chi connectivity index (χ2v) is 5.96. The summed E-state index contributed by atoms with van der Waals surface area (Å²) >= 11 is 0. The molecule has 1 aromatic heterocycles. The Kier molecular flexibility index (Phi) is 4.51. The van der Waals surface area contributed by atoms with Crippen LogP contribution in [0.15, 0.2) is 12.4 Å². The second-order valence-electron chi connectivity index (χ2n) is 5.96. The number of imidazole rings is 1. The maximum atomic E-state index is 4.41. The van der Waals surface area contributed by atoms with Gasteiger partial charge in [-0.15, -0.1) is 0 Å². The Hall–Kier alpha value is -0.870. The molecule has 1 aromatic rings. The van der Waals surface area contributed by atoms with Crippen LogP contribution in [-0.4, -0.2) is 40.1 Å². The Morgan fingerprint density at radius 1 is 1.16 bits per heavy atom. The van der Waals surface area contributed by atoms with E-state index in [1.54, 1.807) is 0 Å². The summed E-state index contributed by atoms with van der Waals surface area (Å²) in [7, 11) is 0. The fourth-order valence-electron chi connectivity index (χ4n) is 2.82. The third-order valence-corrected chi connectivity index (χ3v) is 4.24. The predicted octanol–water partition coefficient (Wildman–Crippen LogP) is 2.01. The van der Waals surface area contributed by atoms with E-state index in [0.29, 0.717) is 0 Å². The van der Waals surface area contributed by atoms with Crippen LogP contribution in [0.3, 0.4) is 0 Å². The predicted molar refractivity (Wildman–Crippen MR) is 77.0 cm³/mol. The highest BCUT2D eigenvalue weighted by molar-refractivity contribution is 4.95. The van der Waals surface area contributed by atoms with E-state index in [4.69, 9.17) is 0 Å². The molecule has 0 amide bonds. The zero-order chi connectivity index (χ0) is 12.9. The van der Waals surface area contributed by atoms with Crippen molar-refractivity contribution < 1.29 is 0 Å². The SMILES string of the molecule is c1cn2c(n1)CN(CCCCCCNC1CC1)CC2. The summed E-state index contributed by atoms with van der Waals surface area (Å²) in [4.78, 5) is 6.96. The first-order chi connectivity index (χ1) is 9.42. The van der Waals surface area contributed by atoms with E-state index in [1.165, 1.54) is 64.0 Å². The van der Waals surface area contributed by atoms with Crippen LogP contribution in [0.2, 0.25) is 0 Å². The number of hydrogen-bond donors (Lipinski definition) is 1. The monoisotopic (exact) mass is 262 g/mol. The summed E-state index contributed by atoms with van der Waals surface area (Å²) < 4.78 is 2.28. The molecule has 1 N–H and O–H groups in total. The molecule has 2 heterocycles. The molecule has 1 aliphatic heterocycles. The van der Waals surface area contributed by atoms with E-state index >= 15 is 0 Å². The minimum absolute atomic E-state index is 0.872. The van der Waals surface area contributed by atoms with E-state index in [0.717, 1.165) is 19.1 Å². The average molecular weight is 262 g/mol. The van der Waals surface area contributed by atoms with Crippen LogP contribution in [0, 0.1) is 0 Å². The van der Waals surface area contributed by atoms with Crippen molar-refractivity contribution in [2.45, 2.75) is 57.7 Å². The van der Waals surface area contributed by atoms with E-state index in [9.17, 15) is 0 Å². The molecule has 1 aliphatic carbocycles. The molecular formula is C15H26N4. The van der Waals surface area contributed by atoms with Crippen LogP contribution < -0.4 is 5.32 Å². The Labute approximate surface area is 116 Å². The van der Waals surface area contributed by atoms with Crippen molar-refractivity contribution in [3.05, 3.63) is 18.2 Å². The van der Waals surface area contributed by atoms with Crippen LogP contribution in [0.25, 0.3) is 0 Å². The van der Waals surface area contributed by atoms with Gasteiger partial charge in [-0.05, 0) is 38.8 Å². The fraction of sp³-hybridized carbons (Fsp3) is 0.800. The lowest BCUT2D eigenvalue weighted by atomic mass is 10.2. The Morgan fingerprint density at radius 2 is 2.05 bits per heavy atom. The van der Waals surface area contributed by atoms with Gasteiger partial charge in [-0.25, -0.2) is 4.98 Å². The van der Waals surface area contributed by atoms with Crippen LogP contribution >= 0.6 is 0 Å². The molecule has 19 heavy (non-hydrogen) atoms. The Balaban J connectivity index is 1.22. The molecule has 1 saturated carbocycles. The van der Waals surface area contributed by atoms with Crippen molar-refractivity contribution in [2.24, 2.45) is 0 Å². The lowest BCUT2D eigenvalue weighted by Crippen LogP contribution is -2.34. The van der Waals surface area contributed by atoms with Gasteiger partial charge in [-0.3, -0.25) is 4.90 Å². The number of nitrogens with one attached hydrogen (secondary N) is 1. The molecule has 2 aliphatic rings. The van der Waals surface area contributed by atoms with Gasteiger partial charge in [0.1, 0.15) is 5.82 Å². The van der Waals surface area contributed by atoms with Crippen LogP contribution in [-0.2, 0) is 13.1 Å². The maximum Gasteiger partial charge on any atom is 0.122 e. The molecule has 0 bridgehead atoms. The van der Waals surface area contributed by atoms with E-state index in [1.807, 2.05) is 6.20 Å². The fourth-order valence-corrected chi connectivity index (χ4v) is 2.82. The van der Waals surface area contributed by atoms with Crippen LogP contribution in [0.4, 0.5) is 0 Å². The van der Waals surface area contributed by atoms with Crippen LogP contribution in [0.5, 0.6) is 0 Å². The highest BCUT2D eigenvalue weighted by Gasteiger charge is 2.19. The van der Waals surface area contributed by atoms with Gasteiger partial charge in [0.15, 0.2) is 0 Å². The summed E-state index contributed by atoms with van der Waals surface area (Å²) in [6.07, 6.45) is 12.3. The molecule has 4 nitrogen and oxygen atoms in total. The zero-order valence-corrected chi connectivity index (χ0v) is 11.9. The molecule has 106 valence electrons. The van der Waals surface area contributed by atoms with Gasteiger partial charge in [-0.1, -0.05) is 12.8 Å². The first kappa shape index (κ1) is 13.1. The quantitative estimate of drug-likeness (QED) is 0.728. The number of hydrogen-bond acceptors (Lipinski definition) is 3. The van der Waals surface area contributed by atoms with Gasteiger partial charge in [0.2, 0.25) is 0 Å². The van der Waals surface area contributed by atoms with Crippen molar-refractivity contribution in [2.75, 3.05) is 19.6 Å². The number of nitrogens with zero attached hydrogens (tertiary/aromatic N) is 3. The lowest BCUT2D eigenvalue weighted by molar-refractivity contribution is 0.212. The third-order valence-electron chi connectivity index (χ3n) is 4.24. The summed E-state index contributed by atoms with van der Waals surface area (Å²) in [5.74, 6) is 1.24. The summed E-state index contributed by atoms with van der Waals surface area (Å²) in [5, 5.41) is 3.58. The summed E-state index contributed by atoms with van der Waals surface area (Å²) in [6, 6.07) is 0.872. The van der Waals surface area contributed by atoms with E-state index in [-0.39, 0.29) is 0 Å². The maximum absolute atomic E-state index is 4.41. The van der Waals surface area contributed by atoms with Gasteiger partial charge in [-0.2, -0.15) is 0 Å². The van der Waals surface area contributed by atoms with Gasteiger partial charge in [0, 0.05) is 31.5 Å². The average Bonchev–Trinajstić information content (AvgIpc) is 3.13. The minimum atomic E-state index is 0.872. The van der Waals surface area contributed by atoms with Crippen molar-refractivity contribution in [1.29, 1.82) is 0 Å². The topological polar surface area (TPSA) is 33.1 Å². The lowest BCUT2D eigenvalue weighted by Gasteiger charge is -2.27. The van der Waals surface area contributed by atoms with Crippen molar-refractivity contribution >= 4 is 0 Å². The third kappa shape index (κ3) is 4.05. The Morgan fingerprint density at radius 3 is 2.95 bits per heavy atom. The van der Waals surface area contributed by atoms with Crippen molar-refractivity contribution in [3.63, 3.8) is 0 Å². The molecule has 1 fully saturated rings. The summed E-state index contributed by atoms with van der Waals surface area (Å²) in [5.41, 5.74) is 0. The zero-order valence-electron chi connectivity index (χ0n) is 11.9. The van der Waals surface area contributed by atoms with Crippen molar-refractivity contribution in [1.82, 2.24) is 19.8 Å². The standard InChI is InChI=1S/C15H26N4/c1(3-7-16-14-5-6-14)2-4-9-18-11-12-19-10-8-17-15(19)13-18/h8,10,14,16H,1-7,9,11-13H2. The number of aromatic nitrogens is 2. The molecule has 3 rings (SSSR count). The smallest absolute Gasteiger partial charge is 0.122 e. The van der Waals surface area contributed by atoms with Gasteiger partial charge in [0.05, 0.1) is 6.54 Å². The first-order valence-electron chi connectivity index (χ1n) is 7.87. The molecule has 0 atom stereocenters. The highest BCUT2D eigenvalue weighted by atomic mass is 15.2. The normalized spacial score (nSPS) is 19.6. The van der Waals surface area contributed by atoms with E-state index in [2.05, 4.69) is 26.0 Å². The molecule has 4 heteroatoms. The number of fused-ring (bicyclic) bond motifs is 1. The molecule has 0 unspecified atom stereocenters. The number of unbranched alkanes of at least 4 members (excludes halogenated alkanes) is 3. The first-order valence-corrected chi connectivity index (χ1v) is 7.87. The number of rotatable bonds is 8. The second kappa shape index (κ2) is 6.53. The highest BCUT2D eigenvalue weighted by Crippen LogP contribution is 2.18. The van der Waals surface area contributed by atoms with Crippen molar-refractivity contribution in [3.8, 4) is 0 Å². The molecule has 0 radical (unpaired) electrons. The van der Waals surface area contributed by atoms with Gasteiger partial charge >= 0.3 is 0 Å². The summed E-state index contributed by atoms with van der Waals surface area (Å²) in [6.45, 7) is 5.80. The van der Waals surface area contributed by atoms with E-state index < -0.39 is 0 Å². The van der Waals surface area contributed by atoms with Gasteiger partial charge in [0.25, 0.3) is 0 Å². The molecule has 0 spiro atoms. The molecular weight excluding hydrogens is 236 g/mol. The molecule has 0 aromatic carbocycles.